The summed E-state index contributed by atoms with van der Waals surface area (Å²) in [4.78, 5) is 35.1. The number of carbonyl (C=O) groups is 3. The zero-order valence-electron chi connectivity index (χ0n) is 14.4. The molecule has 0 aliphatic carbocycles. The fourth-order valence-electron chi connectivity index (χ4n) is 2.23. The molecule has 0 atom stereocenters. The lowest BCUT2D eigenvalue weighted by Gasteiger charge is -2.12. The molecule has 7 heteroatoms. The average Bonchev–Trinajstić information content (AvgIpc) is 2.57. The van der Waals surface area contributed by atoms with Crippen molar-refractivity contribution in [3.8, 4) is 0 Å². The number of carboxylic acids is 1. The Labute approximate surface area is 156 Å². The van der Waals surface area contributed by atoms with Crippen LogP contribution in [0, 0.1) is 5.92 Å². The van der Waals surface area contributed by atoms with E-state index in [9.17, 15) is 14.4 Å². The molecule has 0 fully saturated rings. The van der Waals surface area contributed by atoms with E-state index in [0.29, 0.717) is 22.0 Å². The molecule has 0 saturated carbocycles. The smallest absolute Gasteiger partial charge is 0.335 e. The predicted molar refractivity (Wildman–Crippen MR) is 101 cm³/mol. The number of halogens is 1. The first kappa shape index (κ1) is 19.5. The van der Waals surface area contributed by atoms with Gasteiger partial charge >= 0.3 is 5.97 Å². The second-order valence-electron chi connectivity index (χ2n) is 6.03. The van der Waals surface area contributed by atoms with Crippen molar-refractivity contribution in [3.05, 3.63) is 58.6 Å². The highest BCUT2D eigenvalue weighted by Gasteiger charge is 2.14. The van der Waals surface area contributed by atoms with Gasteiger partial charge in [0.2, 0.25) is 11.8 Å². The van der Waals surface area contributed by atoms with Crippen molar-refractivity contribution in [3.63, 3.8) is 0 Å². The number of aromatic carboxylic acids is 1. The van der Waals surface area contributed by atoms with E-state index in [2.05, 4.69) is 10.6 Å². The van der Waals surface area contributed by atoms with Crippen LogP contribution in [-0.4, -0.2) is 22.9 Å². The second kappa shape index (κ2) is 8.49. The maximum Gasteiger partial charge on any atom is 0.335 e. The van der Waals surface area contributed by atoms with E-state index >= 15 is 0 Å². The molecule has 0 aliphatic heterocycles. The minimum atomic E-state index is -1.08. The maximum absolute atomic E-state index is 12.2. The van der Waals surface area contributed by atoms with E-state index in [1.165, 1.54) is 12.1 Å². The first-order chi connectivity index (χ1) is 12.3. The van der Waals surface area contributed by atoms with Crippen molar-refractivity contribution in [1.29, 1.82) is 0 Å². The van der Waals surface area contributed by atoms with Crippen molar-refractivity contribution < 1.29 is 19.5 Å². The SMILES string of the molecule is CC(C)C(=O)Nc1ccc(NC(=O)Cc2ccccc2C(=O)O)cc1Cl. The third-order valence-corrected chi connectivity index (χ3v) is 3.95. The lowest BCUT2D eigenvalue weighted by molar-refractivity contribution is -0.119. The fourth-order valence-corrected chi connectivity index (χ4v) is 2.46. The zero-order chi connectivity index (χ0) is 19.3. The van der Waals surface area contributed by atoms with Gasteiger partial charge in [0.25, 0.3) is 0 Å². The summed E-state index contributed by atoms with van der Waals surface area (Å²) in [6.45, 7) is 3.54. The van der Waals surface area contributed by atoms with Crippen LogP contribution in [-0.2, 0) is 16.0 Å². The Kier molecular flexibility index (Phi) is 6.36. The topological polar surface area (TPSA) is 95.5 Å². The van der Waals surface area contributed by atoms with Gasteiger partial charge in [0.05, 0.1) is 22.7 Å². The van der Waals surface area contributed by atoms with E-state index in [0.717, 1.165) is 0 Å². The van der Waals surface area contributed by atoms with Crippen molar-refractivity contribution in [2.45, 2.75) is 20.3 Å². The van der Waals surface area contributed by atoms with Gasteiger partial charge in [-0.05, 0) is 29.8 Å². The monoisotopic (exact) mass is 374 g/mol. The number of hydrogen-bond acceptors (Lipinski definition) is 3. The normalized spacial score (nSPS) is 10.5. The summed E-state index contributed by atoms with van der Waals surface area (Å²) in [6.07, 6.45) is -0.0775. The first-order valence-electron chi connectivity index (χ1n) is 7.99. The molecular formula is C19H19ClN2O4. The quantitative estimate of drug-likeness (QED) is 0.716. The number of carbonyl (C=O) groups excluding carboxylic acids is 2. The Hall–Kier alpha value is -2.86. The van der Waals surface area contributed by atoms with E-state index < -0.39 is 5.97 Å². The van der Waals surface area contributed by atoms with Crippen LogP contribution in [0.5, 0.6) is 0 Å². The number of amides is 2. The Balaban J connectivity index is 2.07. The maximum atomic E-state index is 12.2. The summed E-state index contributed by atoms with van der Waals surface area (Å²) >= 11 is 6.14. The molecule has 0 unspecified atom stereocenters. The third kappa shape index (κ3) is 5.07. The van der Waals surface area contributed by atoms with E-state index in [4.69, 9.17) is 16.7 Å². The number of rotatable bonds is 6. The molecule has 26 heavy (non-hydrogen) atoms. The standard InChI is InChI=1S/C19H19ClN2O4/c1-11(2)18(24)22-16-8-7-13(10-15(16)20)21-17(23)9-12-5-3-4-6-14(12)19(25)26/h3-8,10-11H,9H2,1-2H3,(H,21,23)(H,22,24)(H,25,26). The zero-order valence-corrected chi connectivity index (χ0v) is 15.1. The van der Waals surface area contributed by atoms with Crippen molar-refractivity contribution in [2.75, 3.05) is 10.6 Å². The molecule has 6 nitrogen and oxygen atoms in total. The molecule has 2 rings (SSSR count). The fraction of sp³-hybridized carbons (Fsp3) is 0.211. The molecule has 0 saturated heterocycles. The third-order valence-electron chi connectivity index (χ3n) is 3.63. The van der Waals surface area contributed by atoms with Crippen LogP contribution in [0.4, 0.5) is 11.4 Å². The molecule has 2 aromatic rings. The molecule has 0 aliphatic rings. The van der Waals surface area contributed by atoms with Crippen LogP contribution in [0.15, 0.2) is 42.5 Å². The van der Waals surface area contributed by atoms with Gasteiger partial charge in [-0.1, -0.05) is 43.6 Å². The second-order valence-corrected chi connectivity index (χ2v) is 6.43. The van der Waals surface area contributed by atoms with Gasteiger partial charge in [-0.2, -0.15) is 0 Å². The minimum Gasteiger partial charge on any atom is -0.478 e. The number of hydrogen-bond donors (Lipinski definition) is 3. The molecule has 0 heterocycles. The van der Waals surface area contributed by atoms with Gasteiger partial charge in [0, 0.05) is 11.6 Å². The lowest BCUT2D eigenvalue weighted by atomic mass is 10.0. The first-order valence-corrected chi connectivity index (χ1v) is 8.37. The molecule has 2 aromatic carbocycles. The van der Waals surface area contributed by atoms with Gasteiger partial charge in [-0.15, -0.1) is 0 Å². The summed E-state index contributed by atoms with van der Waals surface area (Å²) in [5, 5.41) is 14.8. The predicted octanol–water partition coefficient (Wildman–Crippen LogP) is 3.81. The molecule has 0 bridgehead atoms. The van der Waals surface area contributed by atoms with E-state index in [-0.39, 0.29) is 29.7 Å². The number of carboxylic acid groups (broad SMARTS) is 1. The molecular weight excluding hydrogens is 356 g/mol. The summed E-state index contributed by atoms with van der Waals surface area (Å²) in [5.41, 5.74) is 1.42. The Morgan fingerprint density at radius 3 is 2.38 bits per heavy atom. The highest BCUT2D eigenvalue weighted by molar-refractivity contribution is 6.34. The largest absolute Gasteiger partial charge is 0.478 e. The molecule has 0 spiro atoms. The van der Waals surface area contributed by atoms with Gasteiger partial charge in [-0.3, -0.25) is 9.59 Å². The van der Waals surface area contributed by atoms with Crippen molar-refractivity contribution >= 4 is 40.8 Å². The van der Waals surface area contributed by atoms with Crippen LogP contribution in [0.1, 0.15) is 29.8 Å². The molecule has 0 aromatic heterocycles. The molecule has 136 valence electrons. The Bertz CT molecular complexity index is 849. The lowest BCUT2D eigenvalue weighted by Crippen LogP contribution is -2.18. The molecule has 0 radical (unpaired) electrons. The summed E-state index contributed by atoms with van der Waals surface area (Å²) < 4.78 is 0. The minimum absolute atomic E-state index is 0.0775. The van der Waals surface area contributed by atoms with E-state index in [1.807, 2.05) is 0 Å². The van der Waals surface area contributed by atoms with Crippen LogP contribution in [0.2, 0.25) is 5.02 Å². The molecule has 3 N–H and O–H groups in total. The van der Waals surface area contributed by atoms with Gasteiger partial charge < -0.3 is 15.7 Å². The van der Waals surface area contributed by atoms with Crippen LogP contribution >= 0.6 is 11.6 Å². The molecule has 2 amide bonds. The van der Waals surface area contributed by atoms with Crippen LogP contribution in [0.3, 0.4) is 0 Å². The van der Waals surface area contributed by atoms with Crippen molar-refractivity contribution in [1.82, 2.24) is 0 Å². The Morgan fingerprint density at radius 1 is 1.08 bits per heavy atom. The van der Waals surface area contributed by atoms with Crippen molar-refractivity contribution in [2.24, 2.45) is 5.92 Å². The summed E-state index contributed by atoms with van der Waals surface area (Å²) in [5.74, 6) is -1.79. The highest BCUT2D eigenvalue weighted by Crippen LogP contribution is 2.26. The van der Waals surface area contributed by atoms with Crippen LogP contribution < -0.4 is 10.6 Å². The van der Waals surface area contributed by atoms with Crippen LogP contribution in [0.25, 0.3) is 0 Å². The Morgan fingerprint density at radius 2 is 1.77 bits per heavy atom. The number of benzene rings is 2. The summed E-state index contributed by atoms with van der Waals surface area (Å²) in [6, 6.07) is 11.1. The number of nitrogens with one attached hydrogen (secondary N) is 2. The van der Waals surface area contributed by atoms with Gasteiger partial charge in [-0.25, -0.2) is 4.79 Å². The van der Waals surface area contributed by atoms with Gasteiger partial charge in [0.15, 0.2) is 0 Å². The average molecular weight is 375 g/mol. The van der Waals surface area contributed by atoms with Gasteiger partial charge in [0.1, 0.15) is 0 Å². The van der Waals surface area contributed by atoms with E-state index in [1.54, 1.807) is 44.2 Å². The number of anilines is 2. The highest BCUT2D eigenvalue weighted by atomic mass is 35.5. The summed E-state index contributed by atoms with van der Waals surface area (Å²) in [7, 11) is 0.